The van der Waals surface area contributed by atoms with Gasteiger partial charge in [-0.25, -0.2) is 4.68 Å². The number of thioether (sulfide) groups is 1. The molecule has 0 radical (unpaired) electrons. The molecular formula is C12H23N5OS. The summed E-state index contributed by atoms with van der Waals surface area (Å²) in [5, 5.41) is 14.5. The van der Waals surface area contributed by atoms with Gasteiger partial charge in [0.25, 0.3) is 0 Å². The number of nitrogens with one attached hydrogen (secondary N) is 1. The Morgan fingerprint density at radius 1 is 1.37 bits per heavy atom. The maximum Gasteiger partial charge on any atom is 0.230 e. The van der Waals surface area contributed by atoms with E-state index in [2.05, 4.69) is 34.7 Å². The lowest BCUT2D eigenvalue weighted by molar-refractivity contribution is -0.118. The zero-order valence-electron chi connectivity index (χ0n) is 12.1. The molecule has 1 N–H and O–H groups in total. The van der Waals surface area contributed by atoms with Gasteiger partial charge in [0.2, 0.25) is 5.91 Å². The van der Waals surface area contributed by atoms with Crippen LogP contribution < -0.4 is 5.32 Å². The Morgan fingerprint density at radius 2 is 2.11 bits per heavy atom. The van der Waals surface area contributed by atoms with E-state index in [4.69, 9.17) is 0 Å². The fourth-order valence-corrected chi connectivity index (χ4v) is 2.26. The highest BCUT2D eigenvalue weighted by Gasteiger charge is 2.10. The molecule has 6 nitrogen and oxygen atoms in total. The van der Waals surface area contributed by atoms with Gasteiger partial charge in [-0.15, -0.1) is 16.9 Å². The third-order valence-electron chi connectivity index (χ3n) is 2.56. The summed E-state index contributed by atoms with van der Waals surface area (Å²) >= 11 is 1.53. The molecule has 1 aromatic heterocycles. The van der Waals surface area contributed by atoms with Crippen LogP contribution in [0.2, 0.25) is 0 Å². The highest BCUT2D eigenvalue weighted by Crippen LogP contribution is 2.12. The summed E-state index contributed by atoms with van der Waals surface area (Å²) in [7, 11) is 0. The lowest BCUT2D eigenvalue weighted by Crippen LogP contribution is -2.27. The van der Waals surface area contributed by atoms with Crippen LogP contribution in [0.15, 0.2) is 0 Å². The SMILES string of the molecule is CC(C)CCNC(=O)CSCc1nnnn1C(C)C. The van der Waals surface area contributed by atoms with E-state index < -0.39 is 0 Å². The van der Waals surface area contributed by atoms with Crippen molar-refractivity contribution in [3.63, 3.8) is 0 Å². The van der Waals surface area contributed by atoms with E-state index >= 15 is 0 Å². The Morgan fingerprint density at radius 3 is 2.74 bits per heavy atom. The Bertz CT molecular complexity index is 391. The molecule has 1 aromatic rings. The first kappa shape index (κ1) is 15.9. The second-order valence-electron chi connectivity index (χ2n) is 5.16. The lowest BCUT2D eigenvalue weighted by atomic mass is 10.1. The molecular weight excluding hydrogens is 262 g/mol. The molecule has 7 heteroatoms. The van der Waals surface area contributed by atoms with Crippen LogP contribution in [0.4, 0.5) is 0 Å². The molecule has 0 unspecified atom stereocenters. The first-order chi connectivity index (χ1) is 9.00. The van der Waals surface area contributed by atoms with Crippen LogP contribution in [0, 0.1) is 5.92 Å². The third kappa shape index (κ3) is 6.04. The number of nitrogens with zero attached hydrogens (tertiary/aromatic N) is 4. The molecule has 0 aliphatic rings. The molecule has 0 fully saturated rings. The Balaban J connectivity index is 2.22. The summed E-state index contributed by atoms with van der Waals surface area (Å²) in [5.74, 6) is 2.61. The average molecular weight is 285 g/mol. The van der Waals surface area contributed by atoms with Crippen molar-refractivity contribution in [1.29, 1.82) is 0 Å². The van der Waals surface area contributed by atoms with E-state index in [0.717, 1.165) is 18.8 Å². The molecule has 0 atom stereocenters. The van der Waals surface area contributed by atoms with Crippen molar-refractivity contribution in [3.05, 3.63) is 5.82 Å². The van der Waals surface area contributed by atoms with Crippen molar-refractivity contribution in [1.82, 2.24) is 25.5 Å². The van der Waals surface area contributed by atoms with E-state index in [1.807, 2.05) is 13.8 Å². The maximum absolute atomic E-state index is 11.6. The Labute approximate surface area is 118 Å². The van der Waals surface area contributed by atoms with E-state index in [0.29, 0.717) is 17.4 Å². The van der Waals surface area contributed by atoms with Gasteiger partial charge < -0.3 is 5.32 Å². The van der Waals surface area contributed by atoms with E-state index in [1.54, 1.807) is 4.68 Å². The van der Waals surface area contributed by atoms with Crippen LogP contribution in [0.1, 0.15) is 46.0 Å². The van der Waals surface area contributed by atoms with Crippen molar-refractivity contribution in [2.24, 2.45) is 5.92 Å². The second-order valence-corrected chi connectivity index (χ2v) is 6.14. The number of tetrazole rings is 1. The number of amides is 1. The molecule has 0 saturated carbocycles. The summed E-state index contributed by atoms with van der Waals surface area (Å²) in [6.07, 6.45) is 1.02. The van der Waals surface area contributed by atoms with Crippen molar-refractivity contribution in [2.45, 2.75) is 45.9 Å². The monoisotopic (exact) mass is 285 g/mol. The van der Waals surface area contributed by atoms with Gasteiger partial charge in [-0.2, -0.15) is 0 Å². The van der Waals surface area contributed by atoms with Gasteiger partial charge in [0.15, 0.2) is 5.82 Å². The first-order valence-electron chi connectivity index (χ1n) is 6.62. The minimum atomic E-state index is 0.0780. The van der Waals surface area contributed by atoms with Crippen LogP contribution in [0.25, 0.3) is 0 Å². The zero-order chi connectivity index (χ0) is 14.3. The van der Waals surface area contributed by atoms with Crippen molar-refractivity contribution < 1.29 is 4.79 Å². The summed E-state index contributed by atoms with van der Waals surface area (Å²) in [5.41, 5.74) is 0. The fourth-order valence-electron chi connectivity index (χ4n) is 1.49. The van der Waals surface area contributed by atoms with Gasteiger partial charge in [-0.05, 0) is 36.6 Å². The quantitative estimate of drug-likeness (QED) is 0.786. The number of rotatable bonds is 8. The van der Waals surface area contributed by atoms with E-state index in [1.165, 1.54) is 11.8 Å². The van der Waals surface area contributed by atoms with Crippen LogP contribution in [-0.2, 0) is 10.5 Å². The van der Waals surface area contributed by atoms with Gasteiger partial charge in [0.05, 0.1) is 17.5 Å². The maximum atomic E-state index is 11.6. The summed E-state index contributed by atoms with van der Waals surface area (Å²) in [4.78, 5) is 11.6. The van der Waals surface area contributed by atoms with Gasteiger partial charge in [-0.3, -0.25) is 4.79 Å². The minimum Gasteiger partial charge on any atom is -0.355 e. The summed E-state index contributed by atoms with van der Waals surface area (Å²) < 4.78 is 1.78. The van der Waals surface area contributed by atoms with Crippen molar-refractivity contribution in [2.75, 3.05) is 12.3 Å². The van der Waals surface area contributed by atoms with E-state index in [9.17, 15) is 4.79 Å². The first-order valence-corrected chi connectivity index (χ1v) is 7.77. The van der Waals surface area contributed by atoms with Crippen LogP contribution in [0.5, 0.6) is 0 Å². The summed E-state index contributed by atoms with van der Waals surface area (Å²) in [6.45, 7) is 9.10. The average Bonchev–Trinajstić information content (AvgIpc) is 2.77. The predicted octanol–water partition coefficient (Wildman–Crippen LogP) is 1.65. The largest absolute Gasteiger partial charge is 0.355 e. The van der Waals surface area contributed by atoms with E-state index in [-0.39, 0.29) is 11.9 Å². The molecule has 0 aromatic carbocycles. The standard InChI is InChI=1S/C12H23N5OS/c1-9(2)5-6-13-12(18)8-19-7-11-14-15-16-17(11)10(3)4/h9-10H,5-8H2,1-4H3,(H,13,18). The Hall–Kier alpha value is -1.11. The molecule has 19 heavy (non-hydrogen) atoms. The topological polar surface area (TPSA) is 72.7 Å². The highest BCUT2D eigenvalue weighted by molar-refractivity contribution is 7.99. The zero-order valence-corrected chi connectivity index (χ0v) is 12.9. The van der Waals surface area contributed by atoms with Crippen LogP contribution in [0.3, 0.4) is 0 Å². The normalized spacial score (nSPS) is 11.3. The van der Waals surface area contributed by atoms with Gasteiger partial charge in [0.1, 0.15) is 0 Å². The number of hydrogen-bond donors (Lipinski definition) is 1. The number of carbonyl (C=O) groups excluding carboxylic acids is 1. The molecule has 1 amide bonds. The van der Waals surface area contributed by atoms with Crippen molar-refractivity contribution in [3.8, 4) is 0 Å². The molecule has 0 aliphatic heterocycles. The molecule has 1 heterocycles. The second kappa shape index (κ2) is 8.14. The highest BCUT2D eigenvalue weighted by atomic mass is 32.2. The predicted molar refractivity (Wildman–Crippen MR) is 76.8 cm³/mol. The number of hydrogen-bond acceptors (Lipinski definition) is 5. The van der Waals surface area contributed by atoms with Gasteiger partial charge in [0, 0.05) is 6.54 Å². The number of carbonyl (C=O) groups is 1. The Kier molecular flexibility index (Phi) is 6.83. The number of aromatic nitrogens is 4. The smallest absolute Gasteiger partial charge is 0.230 e. The lowest BCUT2D eigenvalue weighted by Gasteiger charge is -2.08. The van der Waals surface area contributed by atoms with Crippen molar-refractivity contribution >= 4 is 17.7 Å². The van der Waals surface area contributed by atoms with Crippen LogP contribution >= 0.6 is 11.8 Å². The third-order valence-corrected chi connectivity index (χ3v) is 3.49. The molecule has 0 bridgehead atoms. The fraction of sp³-hybridized carbons (Fsp3) is 0.833. The summed E-state index contributed by atoms with van der Waals surface area (Å²) in [6, 6.07) is 0.241. The van der Waals surface area contributed by atoms with Gasteiger partial charge in [-0.1, -0.05) is 13.8 Å². The van der Waals surface area contributed by atoms with Crippen LogP contribution in [-0.4, -0.2) is 38.4 Å². The molecule has 0 aliphatic carbocycles. The molecule has 0 saturated heterocycles. The molecule has 1 rings (SSSR count). The van der Waals surface area contributed by atoms with Gasteiger partial charge >= 0.3 is 0 Å². The molecule has 0 spiro atoms. The molecule has 108 valence electrons. The minimum absolute atomic E-state index is 0.0780.